The Morgan fingerprint density at radius 2 is 0.519 bits per heavy atom. The standard InChI is InChI=1S/C51H39N3/c1-34-19-13-16-28-40(34)46-31-43-49(52(46)37-22-7-4-8-23-37)44-32-47(41-29-17-14-20-35(41)2)54(39-26-11-6-12-27-39)51(44)45-33-48(42-30-18-15-21-36(42)3)53(50(43)45)38-24-9-5-10-25-38/h4-33H,1-3H3. The zero-order chi connectivity index (χ0) is 36.3. The number of hydrogen-bond acceptors (Lipinski definition) is 0. The summed E-state index contributed by atoms with van der Waals surface area (Å²) in [4.78, 5) is 0. The number of fused-ring (bicyclic) bond motifs is 6. The van der Waals surface area contributed by atoms with Gasteiger partial charge in [-0.15, -0.1) is 0 Å². The molecule has 0 atom stereocenters. The van der Waals surface area contributed by atoms with Crippen molar-refractivity contribution in [3.63, 3.8) is 0 Å². The Morgan fingerprint density at radius 3 is 0.778 bits per heavy atom. The number of rotatable bonds is 6. The van der Waals surface area contributed by atoms with E-state index in [0.717, 1.165) is 17.1 Å². The number of aromatic nitrogens is 3. The highest BCUT2D eigenvalue weighted by Gasteiger charge is 2.28. The van der Waals surface area contributed by atoms with E-state index in [-0.39, 0.29) is 0 Å². The van der Waals surface area contributed by atoms with Gasteiger partial charge in [-0.2, -0.15) is 0 Å². The zero-order valence-electron chi connectivity index (χ0n) is 30.7. The third-order valence-corrected chi connectivity index (χ3v) is 11.1. The topological polar surface area (TPSA) is 14.8 Å². The van der Waals surface area contributed by atoms with Crippen LogP contribution >= 0.6 is 0 Å². The van der Waals surface area contributed by atoms with E-state index >= 15 is 0 Å². The monoisotopic (exact) mass is 693 g/mol. The van der Waals surface area contributed by atoms with Crippen molar-refractivity contribution in [3.05, 3.63) is 199 Å². The molecule has 0 fully saturated rings. The van der Waals surface area contributed by atoms with Gasteiger partial charge in [-0.3, -0.25) is 0 Å². The summed E-state index contributed by atoms with van der Waals surface area (Å²) in [5, 5.41) is 3.64. The molecule has 0 saturated carbocycles. The molecule has 0 saturated heterocycles. The van der Waals surface area contributed by atoms with Crippen molar-refractivity contribution in [1.82, 2.24) is 13.7 Å². The molecule has 0 radical (unpaired) electrons. The lowest BCUT2D eigenvalue weighted by atomic mass is 10.0. The van der Waals surface area contributed by atoms with Crippen molar-refractivity contribution in [2.45, 2.75) is 20.8 Å². The molecule has 0 N–H and O–H groups in total. The van der Waals surface area contributed by atoms with Gasteiger partial charge < -0.3 is 13.7 Å². The maximum absolute atomic E-state index is 2.51. The van der Waals surface area contributed by atoms with E-state index in [9.17, 15) is 0 Å². The van der Waals surface area contributed by atoms with Gasteiger partial charge in [0.2, 0.25) is 0 Å². The second-order valence-corrected chi connectivity index (χ2v) is 14.3. The van der Waals surface area contributed by atoms with E-state index in [1.165, 1.54) is 83.2 Å². The van der Waals surface area contributed by atoms with Gasteiger partial charge >= 0.3 is 0 Å². The molecule has 10 aromatic rings. The molecule has 3 heterocycles. The normalized spacial score (nSPS) is 11.6. The second kappa shape index (κ2) is 12.7. The second-order valence-electron chi connectivity index (χ2n) is 14.3. The van der Waals surface area contributed by atoms with Crippen molar-refractivity contribution >= 4 is 32.7 Å². The molecule has 54 heavy (non-hydrogen) atoms. The molecule has 258 valence electrons. The number of benzene rings is 7. The van der Waals surface area contributed by atoms with Crippen molar-refractivity contribution in [1.29, 1.82) is 0 Å². The Balaban J connectivity index is 1.52. The number of nitrogens with zero attached hydrogens (tertiary/aromatic N) is 3. The van der Waals surface area contributed by atoms with Crippen LogP contribution in [-0.4, -0.2) is 13.7 Å². The van der Waals surface area contributed by atoms with Crippen molar-refractivity contribution in [2.75, 3.05) is 0 Å². The number of hydrogen-bond donors (Lipinski definition) is 0. The van der Waals surface area contributed by atoms with Gasteiger partial charge in [-0.05, 0) is 92.1 Å². The Hall–Kier alpha value is -6.84. The quantitative estimate of drug-likeness (QED) is 0.165. The highest BCUT2D eigenvalue weighted by Crippen LogP contribution is 2.48. The van der Waals surface area contributed by atoms with Gasteiger partial charge in [-0.1, -0.05) is 127 Å². The summed E-state index contributed by atoms with van der Waals surface area (Å²) in [5.41, 5.74) is 17.9. The third kappa shape index (κ3) is 4.89. The minimum Gasteiger partial charge on any atom is -0.308 e. The maximum Gasteiger partial charge on any atom is 0.0650 e. The average molecular weight is 694 g/mol. The Kier molecular flexibility index (Phi) is 7.48. The summed E-state index contributed by atoms with van der Waals surface area (Å²) in [7, 11) is 0. The summed E-state index contributed by atoms with van der Waals surface area (Å²) < 4.78 is 7.52. The first-order chi connectivity index (χ1) is 26.6. The Labute approximate surface area is 315 Å². The number of aryl methyl sites for hydroxylation is 3. The molecule has 3 aromatic heterocycles. The summed E-state index contributed by atoms with van der Waals surface area (Å²) in [6.07, 6.45) is 0. The van der Waals surface area contributed by atoms with Gasteiger partial charge in [0.05, 0.1) is 33.6 Å². The van der Waals surface area contributed by atoms with Gasteiger partial charge in [0.15, 0.2) is 0 Å². The molecule has 10 rings (SSSR count). The molecule has 0 unspecified atom stereocenters. The van der Waals surface area contributed by atoms with E-state index in [1.807, 2.05) is 0 Å². The molecule has 7 aromatic carbocycles. The van der Waals surface area contributed by atoms with Crippen molar-refractivity contribution in [2.24, 2.45) is 0 Å². The molecular formula is C51H39N3. The lowest BCUT2D eigenvalue weighted by Gasteiger charge is -2.16. The first kappa shape index (κ1) is 31.9. The number of para-hydroxylation sites is 3. The highest BCUT2D eigenvalue weighted by molar-refractivity contribution is 6.27. The van der Waals surface area contributed by atoms with Crippen LogP contribution < -0.4 is 0 Å². The van der Waals surface area contributed by atoms with E-state index in [1.54, 1.807) is 0 Å². The molecule has 3 nitrogen and oxygen atoms in total. The fourth-order valence-corrected chi connectivity index (χ4v) is 8.58. The van der Waals surface area contributed by atoms with Gasteiger partial charge in [-0.25, -0.2) is 0 Å². The van der Waals surface area contributed by atoms with Crippen LogP contribution in [0.3, 0.4) is 0 Å². The fourth-order valence-electron chi connectivity index (χ4n) is 8.58. The van der Waals surface area contributed by atoms with E-state index in [0.29, 0.717) is 0 Å². The van der Waals surface area contributed by atoms with Crippen LogP contribution in [0, 0.1) is 20.8 Å². The van der Waals surface area contributed by atoms with Gasteiger partial charge in [0.25, 0.3) is 0 Å². The molecule has 0 aliphatic rings. The minimum absolute atomic E-state index is 1.13. The largest absolute Gasteiger partial charge is 0.308 e. The fraction of sp³-hybridized carbons (Fsp3) is 0.0588. The zero-order valence-corrected chi connectivity index (χ0v) is 30.7. The van der Waals surface area contributed by atoms with Crippen LogP contribution in [0.2, 0.25) is 0 Å². The third-order valence-electron chi connectivity index (χ3n) is 11.1. The van der Waals surface area contributed by atoms with Crippen molar-refractivity contribution in [3.8, 4) is 50.8 Å². The van der Waals surface area contributed by atoms with Crippen LogP contribution in [0.25, 0.3) is 83.5 Å². The van der Waals surface area contributed by atoms with Crippen LogP contribution in [0.15, 0.2) is 182 Å². The SMILES string of the molecule is Cc1ccccc1-c1cc2c(c3cc(-c4ccccc4C)n(-c4ccccc4)c3c3cc(-c4ccccc4C)n(-c4ccccc4)c23)n1-c1ccccc1. The van der Waals surface area contributed by atoms with E-state index in [4.69, 9.17) is 0 Å². The average Bonchev–Trinajstić information content (AvgIpc) is 3.92. The van der Waals surface area contributed by atoms with E-state index in [2.05, 4.69) is 216 Å². The summed E-state index contributed by atoms with van der Waals surface area (Å²) in [5.74, 6) is 0. The molecule has 0 bridgehead atoms. The summed E-state index contributed by atoms with van der Waals surface area (Å²) in [6, 6.07) is 66.3. The van der Waals surface area contributed by atoms with E-state index < -0.39 is 0 Å². The molecule has 0 aliphatic heterocycles. The van der Waals surface area contributed by atoms with Gasteiger partial charge in [0, 0.05) is 49.9 Å². The molecule has 0 spiro atoms. The van der Waals surface area contributed by atoms with Crippen LogP contribution in [-0.2, 0) is 0 Å². The predicted molar refractivity (Wildman–Crippen MR) is 227 cm³/mol. The Bertz CT molecular complexity index is 2640. The summed E-state index contributed by atoms with van der Waals surface area (Å²) in [6.45, 7) is 6.66. The molecule has 3 heteroatoms. The lowest BCUT2D eigenvalue weighted by Crippen LogP contribution is -2.00. The maximum atomic E-state index is 2.51. The minimum atomic E-state index is 1.13. The van der Waals surface area contributed by atoms with Crippen LogP contribution in [0.5, 0.6) is 0 Å². The molecular weight excluding hydrogens is 655 g/mol. The van der Waals surface area contributed by atoms with Crippen LogP contribution in [0.1, 0.15) is 16.7 Å². The molecule has 0 amide bonds. The predicted octanol–water partition coefficient (Wildman–Crippen LogP) is 13.4. The smallest absolute Gasteiger partial charge is 0.0650 e. The molecule has 0 aliphatic carbocycles. The van der Waals surface area contributed by atoms with Gasteiger partial charge in [0.1, 0.15) is 0 Å². The highest BCUT2D eigenvalue weighted by atomic mass is 15.1. The van der Waals surface area contributed by atoms with Crippen molar-refractivity contribution < 1.29 is 0 Å². The first-order valence-electron chi connectivity index (χ1n) is 18.7. The van der Waals surface area contributed by atoms with Crippen LogP contribution in [0.4, 0.5) is 0 Å². The first-order valence-corrected chi connectivity index (χ1v) is 18.7. The summed E-state index contributed by atoms with van der Waals surface area (Å²) >= 11 is 0. The Morgan fingerprint density at radius 1 is 0.278 bits per heavy atom. The lowest BCUT2D eigenvalue weighted by molar-refractivity contribution is 1.13.